The summed E-state index contributed by atoms with van der Waals surface area (Å²) in [6.45, 7) is 1.25. The summed E-state index contributed by atoms with van der Waals surface area (Å²) < 4.78 is 0. The minimum atomic E-state index is -0.0534. The van der Waals surface area contributed by atoms with Gasteiger partial charge in [0.2, 0.25) is 0 Å². The quantitative estimate of drug-likeness (QED) is 0.822. The Kier molecular flexibility index (Phi) is 4.81. The van der Waals surface area contributed by atoms with E-state index >= 15 is 0 Å². The van der Waals surface area contributed by atoms with Crippen molar-refractivity contribution < 1.29 is 5.11 Å². The predicted octanol–water partition coefficient (Wildman–Crippen LogP) is 3.72. The molecule has 3 aliphatic rings. The zero-order valence-electron chi connectivity index (χ0n) is 12.4. The van der Waals surface area contributed by atoms with E-state index in [1.54, 1.807) is 0 Å². The molecule has 3 unspecified atom stereocenters. The Bertz CT molecular complexity index is 274. The highest BCUT2D eigenvalue weighted by Gasteiger charge is 2.38. The van der Waals surface area contributed by atoms with E-state index < -0.39 is 0 Å². The van der Waals surface area contributed by atoms with Gasteiger partial charge < -0.3 is 5.11 Å². The van der Waals surface area contributed by atoms with Gasteiger partial charge in [0.15, 0.2) is 0 Å². The highest BCUT2D eigenvalue weighted by Crippen LogP contribution is 2.38. The molecule has 0 radical (unpaired) electrons. The fraction of sp³-hybridized carbons (Fsp3) is 1.00. The standard InChI is InChI=1S/C17H31NO/c19-17-12-4-2-1-3-10-16(17)18-13-7-11-15(18)14-8-5-6-9-14/h14-17,19H,1-13H2. The molecule has 0 bridgehead atoms. The lowest BCUT2D eigenvalue weighted by Gasteiger charge is -2.39. The van der Waals surface area contributed by atoms with Crippen molar-refractivity contribution in [3.05, 3.63) is 0 Å². The van der Waals surface area contributed by atoms with Crippen LogP contribution in [0.4, 0.5) is 0 Å². The van der Waals surface area contributed by atoms with Crippen LogP contribution in [0.1, 0.15) is 77.0 Å². The van der Waals surface area contributed by atoms with Crippen molar-refractivity contribution in [3.8, 4) is 0 Å². The van der Waals surface area contributed by atoms with Crippen LogP contribution in [0.25, 0.3) is 0 Å². The third-order valence-corrected chi connectivity index (χ3v) is 5.91. The number of aliphatic hydroxyl groups is 1. The van der Waals surface area contributed by atoms with E-state index in [9.17, 15) is 5.11 Å². The van der Waals surface area contributed by atoms with Gasteiger partial charge in [-0.1, -0.05) is 38.5 Å². The van der Waals surface area contributed by atoms with E-state index in [2.05, 4.69) is 4.90 Å². The van der Waals surface area contributed by atoms with Crippen LogP contribution in [0.3, 0.4) is 0 Å². The van der Waals surface area contributed by atoms with Crippen LogP contribution >= 0.6 is 0 Å². The second-order valence-corrected chi connectivity index (χ2v) is 7.12. The lowest BCUT2D eigenvalue weighted by molar-refractivity contribution is 0.0129. The Morgan fingerprint density at radius 3 is 2.05 bits per heavy atom. The number of hydrogen-bond acceptors (Lipinski definition) is 2. The van der Waals surface area contributed by atoms with E-state index in [0.29, 0.717) is 6.04 Å². The second-order valence-electron chi connectivity index (χ2n) is 7.12. The Balaban J connectivity index is 1.66. The first kappa shape index (κ1) is 13.9. The molecule has 19 heavy (non-hydrogen) atoms. The van der Waals surface area contributed by atoms with Gasteiger partial charge in [0, 0.05) is 12.1 Å². The molecule has 1 aliphatic heterocycles. The minimum Gasteiger partial charge on any atom is -0.391 e. The average molecular weight is 265 g/mol. The van der Waals surface area contributed by atoms with Gasteiger partial charge in [0.1, 0.15) is 0 Å². The molecular weight excluding hydrogens is 234 g/mol. The molecule has 0 aromatic heterocycles. The van der Waals surface area contributed by atoms with Crippen molar-refractivity contribution in [2.24, 2.45) is 5.92 Å². The van der Waals surface area contributed by atoms with Gasteiger partial charge in [-0.25, -0.2) is 0 Å². The smallest absolute Gasteiger partial charge is 0.0695 e. The van der Waals surface area contributed by atoms with Gasteiger partial charge in [-0.2, -0.15) is 0 Å². The lowest BCUT2D eigenvalue weighted by Crippen LogP contribution is -2.48. The molecule has 3 rings (SSSR count). The largest absolute Gasteiger partial charge is 0.391 e. The van der Waals surface area contributed by atoms with Crippen LogP contribution in [-0.4, -0.2) is 34.7 Å². The summed E-state index contributed by atoms with van der Waals surface area (Å²) in [4.78, 5) is 2.74. The molecule has 0 amide bonds. The minimum absolute atomic E-state index is 0.0534. The van der Waals surface area contributed by atoms with E-state index in [-0.39, 0.29) is 6.10 Å². The van der Waals surface area contributed by atoms with Gasteiger partial charge in [-0.15, -0.1) is 0 Å². The van der Waals surface area contributed by atoms with Crippen LogP contribution in [0.2, 0.25) is 0 Å². The molecule has 2 heteroatoms. The maximum absolute atomic E-state index is 10.6. The fourth-order valence-corrected chi connectivity index (χ4v) is 4.91. The summed E-state index contributed by atoms with van der Waals surface area (Å²) in [7, 11) is 0. The van der Waals surface area contributed by atoms with Crippen molar-refractivity contribution in [3.63, 3.8) is 0 Å². The van der Waals surface area contributed by atoms with Crippen LogP contribution in [0.15, 0.2) is 0 Å². The SMILES string of the molecule is OC1CCCCCCC1N1CCCC1C1CCCC1. The van der Waals surface area contributed by atoms with Crippen molar-refractivity contribution in [1.29, 1.82) is 0 Å². The summed E-state index contributed by atoms with van der Waals surface area (Å²) in [5.74, 6) is 0.945. The zero-order chi connectivity index (χ0) is 13.1. The van der Waals surface area contributed by atoms with Crippen LogP contribution in [0.5, 0.6) is 0 Å². The average Bonchev–Trinajstić information content (AvgIpc) is 3.04. The van der Waals surface area contributed by atoms with Gasteiger partial charge in [0.25, 0.3) is 0 Å². The number of aliphatic hydroxyl groups excluding tert-OH is 1. The summed E-state index contributed by atoms with van der Waals surface area (Å²) in [5, 5.41) is 10.6. The Labute approximate surface area is 118 Å². The molecule has 2 nitrogen and oxygen atoms in total. The number of likely N-dealkylation sites (tertiary alicyclic amines) is 1. The summed E-state index contributed by atoms with van der Waals surface area (Å²) >= 11 is 0. The zero-order valence-corrected chi connectivity index (χ0v) is 12.4. The summed E-state index contributed by atoms with van der Waals surface area (Å²) in [6, 6.07) is 1.29. The van der Waals surface area contributed by atoms with Gasteiger partial charge in [-0.05, 0) is 51.0 Å². The first-order chi connectivity index (χ1) is 9.36. The molecule has 1 N–H and O–H groups in total. The molecule has 2 saturated carbocycles. The number of hydrogen-bond donors (Lipinski definition) is 1. The molecular formula is C17H31NO. The Hall–Kier alpha value is -0.0800. The van der Waals surface area contributed by atoms with Crippen molar-refractivity contribution in [2.45, 2.75) is 95.2 Å². The van der Waals surface area contributed by atoms with Gasteiger partial charge in [0.05, 0.1) is 6.10 Å². The first-order valence-electron chi connectivity index (χ1n) is 8.80. The van der Waals surface area contributed by atoms with Crippen molar-refractivity contribution in [1.82, 2.24) is 4.90 Å². The van der Waals surface area contributed by atoms with Crippen LogP contribution in [-0.2, 0) is 0 Å². The van der Waals surface area contributed by atoms with Crippen LogP contribution in [0, 0.1) is 5.92 Å². The molecule has 0 aromatic carbocycles. The molecule has 3 fully saturated rings. The maximum Gasteiger partial charge on any atom is 0.0695 e. The van der Waals surface area contributed by atoms with Crippen molar-refractivity contribution in [2.75, 3.05) is 6.54 Å². The molecule has 2 aliphatic carbocycles. The van der Waals surface area contributed by atoms with Gasteiger partial charge in [-0.3, -0.25) is 4.90 Å². The van der Waals surface area contributed by atoms with Crippen molar-refractivity contribution >= 4 is 0 Å². The summed E-state index contributed by atoms with van der Waals surface area (Å²) in [6.07, 6.45) is 16.1. The maximum atomic E-state index is 10.6. The van der Waals surface area contributed by atoms with E-state index in [1.165, 1.54) is 77.2 Å². The Morgan fingerprint density at radius 1 is 0.632 bits per heavy atom. The van der Waals surface area contributed by atoms with E-state index in [1.807, 2.05) is 0 Å². The lowest BCUT2D eigenvalue weighted by atomic mass is 9.90. The normalized spacial score (nSPS) is 39.3. The molecule has 0 spiro atoms. The highest BCUT2D eigenvalue weighted by molar-refractivity contribution is 4.93. The second kappa shape index (κ2) is 6.58. The molecule has 1 heterocycles. The number of nitrogens with zero attached hydrogens (tertiary/aromatic N) is 1. The monoisotopic (exact) mass is 265 g/mol. The van der Waals surface area contributed by atoms with E-state index in [4.69, 9.17) is 0 Å². The highest BCUT2D eigenvalue weighted by atomic mass is 16.3. The molecule has 0 aromatic rings. The third kappa shape index (κ3) is 3.16. The third-order valence-electron chi connectivity index (χ3n) is 5.91. The Morgan fingerprint density at radius 2 is 1.26 bits per heavy atom. The number of rotatable bonds is 2. The first-order valence-corrected chi connectivity index (χ1v) is 8.80. The molecule has 110 valence electrons. The fourth-order valence-electron chi connectivity index (χ4n) is 4.91. The molecule has 3 atom stereocenters. The van der Waals surface area contributed by atoms with E-state index in [0.717, 1.165) is 18.4 Å². The molecule has 1 saturated heterocycles. The van der Waals surface area contributed by atoms with Crippen LogP contribution < -0.4 is 0 Å². The van der Waals surface area contributed by atoms with Gasteiger partial charge >= 0.3 is 0 Å². The summed E-state index contributed by atoms with van der Waals surface area (Å²) in [5.41, 5.74) is 0. The topological polar surface area (TPSA) is 23.5 Å². The predicted molar refractivity (Wildman–Crippen MR) is 79.2 cm³/mol.